The lowest BCUT2D eigenvalue weighted by atomic mass is 9.98. The average molecular weight is 552 g/mol. The number of hydrogen-bond donors (Lipinski definition) is 3. The first-order valence-electron chi connectivity index (χ1n) is 12.6. The van der Waals surface area contributed by atoms with Crippen molar-refractivity contribution in [1.82, 2.24) is 9.69 Å². The molecule has 11 heteroatoms. The molecule has 1 aliphatic rings. The van der Waals surface area contributed by atoms with Crippen LogP contribution in [0.25, 0.3) is 0 Å². The van der Waals surface area contributed by atoms with Gasteiger partial charge in [0.05, 0.1) is 19.9 Å². The Balaban J connectivity index is 1.97. The van der Waals surface area contributed by atoms with Gasteiger partial charge in [0.25, 0.3) is 11.8 Å². The second kappa shape index (κ2) is 11.7. The summed E-state index contributed by atoms with van der Waals surface area (Å²) >= 11 is 0.766. The first-order valence-corrected chi connectivity index (χ1v) is 13.4. The smallest absolute Gasteiger partial charge is 0.273 e. The minimum absolute atomic E-state index is 0.00485. The van der Waals surface area contributed by atoms with Gasteiger partial charge in [-0.1, -0.05) is 25.0 Å². The highest BCUT2D eigenvalue weighted by Gasteiger charge is 2.39. The Kier molecular flexibility index (Phi) is 8.39. The van der Waals surface area contributed by atoms with Gasteiger partial charge >= 0.3 is 0 Å². The zero-order valence-electron chi connectivity index (χ0n) is 22.4. The van der Waals surface area contributed by atoms with Gasteiger partial charge in [0, 0.05) is 17.3 Å². The zero-order chi connectivity index (χ0) is 28.3. The van der Waals surface area contributed by atoms with Gasteiger partial charge in [0.1, 0.15) is 22.4 Å². The fourth-order valence-electron chi connectivity index (χ4n) is 4.90. The van der Waals surface area contributed by atoms with Crippen molar-refractivity contribution in [2.24, 2.45) is 5.73 Å². The van der Waals surface area contributed by atoms with Crippen LogP contribution in [0.3, 0.4) is 0 Å². The number of methoxy groups -OCH3 is 2. The summed E-state index contributed by atoms with van der Waals surface area (Å²) in [4.78, 5) is 41.9. The Morgan fingerprint density at radius 2 is 1.82 bits per heavy atom. The number of nitrogens with one attached hydrogen (secondary N) is 1. The molecule has 1 fully saturated rings. The van der Waals surface area contributed by atoms with Gasteiger partial charge in [-0.15, -0.1) is 0 Å². The molecule has 5 N–H and O–H groups in total. The molecule has 2 aromatic carbocycles. The number of carbonyl (C=O) groups is 3. The van der Waals surface area contributed by atoms with Gasteiger partial charge in [-0.05, 0) is 73.6 Å². The third-order valence-electron chi connectivity index (χ3n) is 7.15. The van der Waals surface area contributed by atoms with E-state index in [0.717, 1.165) is 48.3 Å². The van der Waals surface area contributed by atoms with Gasteiger partial charge in [-0.2, -0.15) is 4.37 Å². The Morgan fingerprint density at radius 1 is 1.10 bits per heavy atom. The zero-order valence-corrected chi connectivity index (χ0v) is 23.3. The van der Waals surface area contributed by atoms with E-state index in [-0.39, 0.29) is 28.2 Å². The lowest BCUT2D eigenvalue weighted by Gasteiger charge is -2.34. The lowest BCUT2D eigenvalue weighted by Crippen LogP contribution is -2.46. The summed E-state index contributed by atoms with van der Waals surface area (Å²) in [5.41, 5.74) is 14.0. The number of hydrogen-bond acceptors (Lipinski definition) is 8. The average Bonchev–Trinajstić information content (AvgIpc) is 3.57. The van der Waals surface area contributed by atoms with Crippen LogP contribution in [0.4, 0.5) is 11.4 Å². The topological polar surface area (TPSA) is 150 Å². The summed E-state index contributed by atoms with van der Waals surface area (Å²) in [6, 6.07) is 9.44. The summed E-state index contributed by atoms with van der Waals surface area (Å²) in [6.45, 7) is 3.80. The van der Waals surface area contributed by atoms with Crippen LogP contribution in [0.1, 0.15) is 68.6 Å². The number of amides is 3. The Morgan fingerprint density at radius 3 is 2.44 bits per heavy atom. The number of nitrogens with two attached hydrogens (primary N) is 2. The predicted molar refractivity (Wildman–Crippen MR) is 150 cm³/mol. The van der Waals surface area contributed by atoms with Crippen LogP contribution >= 0.6 is 11.5 Å². The van der Waals surface area contributed by atoms with E-state index in [0.29, 0.717) is 22.7 Å². The second-order valence-electron chi connectivity index (χ2n) is 9.53. The van der Waals surface area contributed by atoms with Crippen molar-refractivity contribution in [3.05, 3.63) is 63.7 Å². The van der Waals surface area contributed by atoms with Crippen molar-refractivity contribution in [3.63, 3.8) is 0 Å². The molecule has 1 heterocycles. The first kappa shape index (κ1) is 27.9. The van der Waals surface area contributed by atoms with E-state index in [2.05, 4.69) is 9.69 Å². The molecule has 1 aliphatic carbocycles. The molecule has 3 amide bonds. The molecule has 206 valence electrons. The van der Waals surface area contributed by atoms with Crippen LogP contribution in [-0.2, 0) is 4.79 Å². The van der Waals surface area contributed by atoms with Crippen molar-refractivity contribution in [1.29, 1.82) is 0 Å². The van der Waals surface area contributed by atoms with E-state index >= 15 is 0 Å². The number of nitrogens with zero attached hydrogens (tertiary/aromatic N) is 2. The largest absolute Gasteiger partial charge is 0.497 e. The van der Waals surface area contributed by atoms with Gasteiger partial charge in [-0.25, -0.2) is 0 Å². The maximum Gasteiger partial charge on any atom is 0.273 e. The molecule has 0 aliphatic heterocycles. The third kappa shape index (κ3) is 5.53. The highest BCUT2D eigenvalue weighted by Crippen LogP contribution is 2.40. The summed E-state index contributed by atoms with van der Waals surface area (Å²) in [6.07, 6.45) is 3.75. The van der Waals surface area contributed by atoms with E-state index in [1.165, 1.54) is 19.1 Å². The van der Waals surface area contributed by atoms with E-state index < -0.39 is 17.9 Å². The quantitative estimate of drug-likeness (QED) is 0.365. The number of rotatable bonds is 9. The SMILES string of the molecule is COc1ccc(OC)c([C@@H](C(=O)NC2CCCC2)N(C(=O)c2snc(C(N)=O)c2N)c2cccc(C)c2C)c1. The number of ether oxygens (including phenoxy) is 2. The highest BCUT2D eigenvalue weighted by molar-refractivity contribution is 7.09. The fraction of sp³-hybridized carbons (Fsp3) is 0.357. The molecular weight excluding hydrogens is 518 g/mol. The monoisotopic (exact) mass is 551 g/mol. The van der Waals surface area contributed by atoms with Crippen LogP contribution < -0.4 is 31.2 Å². The van der Waals surface area contributed by atoms with Crippen molar-refractivity contribution in [2.75, 3.05) is 24.9 Å². The van der Waals surface area contributed by atoms with E-state index in [9.17, 15) is 14.4 Å². The molecule has 0 radical (unpaired) electrons. The molecule has 0 saturated heterocycles. The van der Waals surface area contributed by atoms with Crippen molar-refractivity contribution < 1.29 is 23.9 Å². The molecule has 0 spiro atoms. The van der Waals surface area contributed by atoms with Crippen molar-refractivity contribution >= 4 is 40.6 Å². The minimum Gasteiger partial charge on any atom is -0.497 e. The maximum absolute atomic E-state index is 14.4. The molecule has 4 rings (SSSR count). The highest BCUT2D eigenvalue weighted by atomic mass is 32.1. The molecular formula is C28H33N5O5S. The van der Waals surface area contributed by atoms with Crippen molar-refractivity contribution in [3.8, 4) is 11.5 Å². The van der Waals surface area contributed by atoms with Crippen molar-refractivity contribution in [2.45, 2.75) is 51.6 Å². The van der Waals surface area contributed by atoms with Crippen LogP contribution in [0.15, 0.2) is 36.4 Å². The minimum atomic E-state index is -1.16. The Hall–Kier alpha value is -4.12. The first-order chi connectivity index (χ1) is 18.7. The van der Waals surface area contributed by atoms with Crippen LogP contribution in [0.2, 0.25) is 0 Å². The summed E-state index contributed by atoms with van der Waals surface area (Å²) < 4.78 is 15.2. The van der Waals surface area contributed by atoms with E-state index in [1.807, 2.05) is 26.0 Å². The molecule has 1 atom stereocenters. The Bertz CT molecular complexity index is 1400. The summed E-state index contributed by atoms with van der Waals surface area (Å²) in [5.74, 6) is -0.915. The van der Waals surface area contributed by atoms with Crippen LogP contribution in [-0.4, -0.2) is 42.4 Å². The molecule has 1 aromatic heterocycles. The number of aromatic nitrogens is 1. The Labute approximate surface area is 231 Å². The van der Waals surface area contributed by atoms with E-state index in [4.69, 9.17) is 20.9 Å². The predicted octanol–water partition coefficient (Wildman–Crippen LogP) is 3.91. The number of primary amides is 1. The van der Waals surface area contributed by atoms with Gasteiger partial charge in [0.2, 0.25) is 5.91 Å². The standard InChI is InChI=1S/C28H33N5O5S/c1-15-8-7-11-20(16(15)2)33(28(36)25-22(29)23(26(30)34)32-39-25)24(27(35)31-17-9-5-6-10-17)19-14-18(37-3)12-13-21(19)38-4/h7-8,11-14,17,24H,5-6,9-10,29H2,1-4H3,(H2,30,34)(H,31,35)/t24-/m0/s1. The lowest BCUT2D eigenvalue weighted by molar-refractivity contribution is -0.123. The normalized spacial score (nSPS) is 14.1. The van der Waals surface area contributed by atoms with Gasteiger partial charge in [0.15, 0.2) is 5.69 Å². The number of nitrogen functional groups attached to an aromatic ring is 1. The molecule has 0 unspecified atom stereocenters. The van der Waals surface area contributed by atoms with Gasteiger partial charge in [-0.3, -0.25) is 19.3 Å². The number of benzene rings is 2. The van der Waals surface area contributed by atoms with E-state index in [1.54, 1.807) is 24.3 Å². The summed E-state index contributed by atoms with van der Waals surface area (Å²) in [7, 11) is 3.03. The molecule has 1 saturated carbocycles. The third-order valence-corrected chi connectivity index (χ3v) is 8.00. The van der Waals surface area contributed by atoms with Gasteiger partial charge < -0.3 is 26.3 Å². The molecule has 3 aromatic rings. The molecule has 0 bridgehead atoms. The second-order valence-corrected chi connectivity index (χ2v) is 10.3. The summed E-state index contributed by atoms with van der Waals surface area (Å²) in [5, 5.41) is 3.15. The number of aryl methyl sites for hydroxylation is 1. The maximum atomic E-state index is 14.4. The van der Waals surface area contributed by atoms with Crippen LogP contribution in [0.5, 0.6) is 11.5 Å². The fourth-order valence-corrected chi connectivity index (χ4v) is 5.64. The van der Waals surface area contributed by atoms with Crippen LogP contribution in [0, 0.1) is 13.8 Å². The molecule has 39 heavy (non-hydrogen) atoms. The molecule has 10 nitrogen and oxygen atoms in total. The number of anilines is 2. The number of carbonyl (C=O) groups excluding carboxylic acids is 3.